The molecule has 1 aromatic carbocycles. The average Bonchev–Trinajstić information content (AvgIpc) is 3.02. The van der Waals surface area contributed by atoms with E-state index in [1.54, 1.807) is 27.1 Å². The Hall–Kier alpha value is -2.75. The van der Waals surface area contributed by atoms with Gasteiger partial charge < -0.3 is 19.9 Å². The third kappa shape index (κ3) is 4.31. The highest BCUT2D eigenvalue weighted by Gasteiger charge is 2.19. The van der Waals surface area contributed by atoms with Gasteiger partial charge in [0.2, 0.25) is 0 Å². The third-order valence-electron chi connectivity index (χ3n) is 4.28. The fraction of sp³-hybridized carbons (Fsp3) is 0.263. The highest BCUT2D eigenvalue weighted by Crippen LogP contribution is 2.28. The lowest BCUT2D eigenvalue weighted by Crippen LogP contribution is -2.27. The van der Waals surface area contributed by atoms with Crippen molar-refractivity contribution in [1.82, 2.24) is 14.9 Å². The first-order chi connectivity index (χ1) is 13.8. The minimum Gasteiger partial charge on any atom is -0.383 e. The van der Waals surface area contributed by atoms with Crippen LogP contribution in [0.25, 0.3) is 10.2 Å². The number of carbonyl (C=O) groups excluding carboxylic acids is 2. The molecule has 0 bridgehead atoms. The lowest BCUT2D eigenvalue weighted by atomic mass is 10.1. The Bertz CT molecular complexity index is 1160. The van der Waals surface area contributed by atoms with Gasteiger partial charge in [-0.25, -0.2) is 4.98 Å². The van der Waals surface area contributed by atoms with Crippen LogP contribution in [0.4, 0.5) is 5.69 Å². The van der Waals surface area contributed by atoms with Gasteiger partial charge in [-0.2, -0.15) is 0 Å². The molecule has 0 atom stereocenters. The van der Waals surface area contributed by atoms with E-state index in [1.807, 2.05) is 0 Å². The normalized spacial score (nSPS) is 10.9. The second-order valence-electron chi connectivity index (χ2n) is 6.29. The molecule has 0 spiro atoms. The highest BCUT2D eigenvalue weighted by atomic mass is 35.5. The largest absolute Gasteiger partial charge is 0.383 e. The number of hydrogen-bond donors (Lipinski definition) is 2. The summed E-state index contributed by atoms with van der Waals surface area (Å²) in [5.74, 6) is -0.701. The number of anilines is 1. The number of hydrogen-bond acceptors (Lipinski definition) is 6. The standard InChI is InChI=1S/C19H19ClN4O4S/c1-10-14-18(22-9-24(2)19(14)27)29-15(10)17(26)23-11-4-5-12(13(20)8-11)16(25)21-6-7-28-3/h4-5,8-9H,6-7H2,1-3H3,(H,21,25)(H,23,26). The van der Waals surface area contributed by atoms with Crippen LogP contribution in [0.3, 0.4) is 0 Å². The molecule has 0 unspecified atom stereocenters. The zero-order valence-electron chi connectivity index (χ0n) is 16.0. The van der Waals surface area contributed by atoms with Gasteiger partial charge >= 0.3 is 0 Å². The molecular weight excluding hydrogens is 416 g/mol. The van der Waals surface area contributed by atoms with Crippen LogP contribution in [0.5, 0.6) is 0 Å². The van der Waals surface area contributed by atoms with Crippen molar-refractivity contribution in [1.29, 1.82) is 0 Å². The molecule has 3 rings (SSSR count). The Morgan fingerprint density at radius 3 is 2.76 bits per heavy atom. The minimum atomic E-state index is -0.374. The van der Waals surface area contributed by atoms with E-state index in [2.05, 4.69) is 15.6 Å². The van der Waals surface area contributed by atoms with Crippen molar-refractivity contribution in [3.05, 3.63) is 55.9 Å². The lowest BCUT2D eigenvalue weighted by Gasteiger charge is -2.09. The van der Waals surface area contributed by atoms with Crippen LogP contribution in [-0.2, 0) is 11.8 Å². The molecule has 8 nitrogen and oxygen atoms in total. The maximum absolute atomic E-state index is 12.7. The molecule has 0 saturated carbocycles. The van der Waals surface area contributed by atoms with E-state index in [0.29, 0.717) is 45.1 Å². The minimum absolute atomic E-state index is 0.199. The van der Waals surface area contributed by atoms with Gasteiger partial charge in [-0.15, -0.1) is 11.3 Å². The molecule has 2 N–H and O–H groups in total. The van der Waals surface area contributed by atoms with Crippen LogP contribution >= 0.6 is 22.9 Å². The molecule has 2 amide bonds. The van der Waals surface area contributed by atoms with Gasteiger partial charge in [0.1, 0.15) is 4.83 Å². The summed E-state index contributed by atoms with van der Waals surface area (Å²) in [6.07, 6.45) is 1.43. The average molecular weight is 435 g/mol. The number of amides is 2. The summed E-state index contributed by atoms with van der Waals surface area (Å²) in [5.41, 5.74) is 1.11. The summed E-state index contributed by atoms with van der Waals surface area (Å²) in [6.45, 7) is 2.48. The monoisotopic (exact) mass is 434 g/mol. The van der Waals surface area contributed by atoms with Crippen molar-refractivity contribution < 1.29 is 14.3 Å². The van der Waals surface area contributed by atoms with Gasteiger partial charge in [0.25, 0.3) is 17.4 Å². The number of methoxy groups -OCH3 is 1. The van der Waals surface area contributed by atoms with Crippen LogP contribution in [0.2, 0.25) is 5.02 Å². The molecule has 0 fully saturated rings. The number of aromatic nitrogens is 2. The van der Waals surface area contributed by atoms with Crippen molar-refractivity contribution >= 4 is 50.7 Å². The van der Waals surface area contributed by atoms with Gasteiger partial charge in [0.05, 0.1) is 33.8 Å². The maximum atomic E-state index is 12.7. The summed E-state index contributed by atoms with van der Waals surface area (Å²) < 4.78 is 6.26. The van der Waals surface area contributed by atoms with Gasteiger partial charge in [0, 0.05) is 26.4 Å². The van der Waals surface area contributed by atoms with E-state index >= 15 is 0 Å². The van der Waals surface area contributed by atoms with Crippen molar-refractivity contribution in [2.75, 3.05) is 25.6 Å². The smallest absolute Gasteiger partial charge is 0.266 e. The molecule has 2 aromatic heterocycles. The van der Waals surface area contributed by atoms with Gasteiger partial charge in [0.15, 0.2) is 0 Å². The van der Waals surface area contributed by atoms with Gasteiger partial charge in [-0.3, -0.25) is 14.4 Å². The molecule has 0 saturated heterocycles. The number of nitrogens with one attached hydrogen (secondary N) is 2. The van der Waals surface area contributed by atoms with E-state index in [9.17, 15) is 14.4 Å². The Labute approximate surface area is 175 Å². The fourth-order valence-electron chi connectivity index (χ4n) is 2.75. The van der Waals surface area contributed by atoms with E-state index in [4.69, 9.17) is 16.3 Å². The van der Waals surface area contributed by atoms with Gasteiger partial charge in [-0.05, 0) is 30.7 Å². The van der Waals surface area contributed by atoms with Crippen molar-refractivity contribution in [3.8, 4) is 0 Å². The first kappa shape index (κ1) is 21.0. The van der Waals surface area contributed by atoms with Crippen LogP contribution in [0.1, 0.15) is 25.6 Å². The number of aryl methyl sites for hydroxylation is 2. The Balaban J connectivity index is 1.81. The molecule has 29 heavy (non-hydrogen) atoms. The van der Waals surface area contributed by atoms with Crippen molar-refractivity contribution in [2.24, 2.45) is 7.05 Å². The van der Waals surface area contributed by atoms with Crippen LogP contribution in [-0.4, -0.2) is 41.6 Å². The number of ether oxygens (including phenoxy) is 1. The Morgan fingerprint density at radius 1 is 1.31 bits per heavy atom. The summed E-state index contributed by atoms with van der Waals surface area (Å²) in [6, 6.07) is 4.63. The highest BCUT2D eigenvalue weighted by molar-refractivity contribution is 7.20. The summed E-state index contributed by atoms with van der Waals surface area (Å²) in [7, 11) is 3.16. The van der Waals surface area contributed by atoms with Crippen molar-refractivity contribution in [3.63, 3.8) is 0 Å². The van der Waals surface area contributed by atoms with Crippen LogP contribution in [0.15, 0.2) is 29.3 Å². The molecule has 152 valence electrons. The molecular formula is C19H19ClN4O4S. The first-order valence-electron chi connectivity index (χ1n) is 8.66. The second-order valence-corrected chi connectivity index (χ2v) is 7.70. The maximum Gasteiger partial charge on any atom is 0.266 e. The first-order valence-corrected chi connectivity index (χ1v) is 9.85. The summed E-state index contributed by atoms with van der Waals surface area (Å²) in [4.78, 5) is 42.3. The fourth-order valence-corrected chi connectivity index (χ4v) is 4.05. The lowest BCUT2D eigenvalue weighted by molar-refractivity contribution is 0.0937. The number of fused-ring (bicyclic) bond motifs is 1. The second kappa shape index (κ2) is 8.73. The van der Waals surface area contributed by atoms with Crippen LogP contribution < -0.4 is 16.2 Å². The number of benzene rings is 1. The number of thiophene rings is 1. The van der Waals surface area contributed by atoms with E-state index < -0.39 is 0 Å². The Kier molecular flexibility index (Phi) is 6.31. The zero-order valence-corrected chi connectivity index (χ0v) is 17.6. The zero-order chi connectivity index (χ0) is 21.1. The molecule has 2 heterocycles. The Morgan fingerprint density at radius 2 is 2.07 bits per heavy atom. The molecule has 0 aliphatic rings. The SMILES string of the molecule is COCCNC(=O)c1ccc(NC(=O)c2sc3ncn(C)c(=O)c3c2C)cc1Cl. The number of rotatable bonds is 6. The number of halogens is 1. The van der Waals surface area contributed by atoms with Crippen LogP contribution in [0, 0.1) is 6.92 Å². The predicted octanol–water partition coefficient (Wildman–Crippen LogP) is 2.59. The van der Waals surface area contributed by atoms with E-state index in [0.717, 1.165) is 11.3 Å². The van der Waals surface area contributed by atoms with Gasteiger partial charge in [-0.1, -0.05) is 11.6 Å². The van der Waals surface area contributed by atoms with E-state index in [-0.39, 0.29) is 22.4 Å². The topological polar surface area (TPSA) is 102 Å². The number of carbonyl (C=O) groups is 2. The molecule has 0 aliphatic carbocycles. The van der Waals surface area contributed by atoms with E-state index in [1.165, 1.54) is 23.0 Å². The molecule has 0 aliphatic heterocycles. The number of nitrogens with zero attached hydrogens (tertiary/aromatic N) is 2. The summed E-state index contributed by atoms with van der Waals surface area (Å²) in [5, 5.41) is 6.08. The quantitative estimate of drug-likeness (QED) is 0.580. The van der Waals surface area contributed by atoms with Crippen molar-refractivity contribution in [2.45, 2.75) is 6.92 Å². The summed E-state index contributed by atoms with van der Waals surface area (Å²) >= 11 is 7.36. The molecule has 10 heteroatoms. The predicted molar refractivity (Wildman–Crippen MR) is 113 cm³/mol. The third-order valence-corrected chi connectivity index (χ3v) is 5.79. The molecule has 0 radical (unpaired) electrons. The molecule has 3 aromatic rings.